The van der Waals surface area contributed by atoms with E-state index < -0.39 is 10.0 Å². The first-order chi connectivity index (χ1) is 10.4. The van der Waals surface area contributed by atoms with Crippen molar-refractivity contribution in [2.24, 2.45) is 0 Å². The summed E-state index contributed by atoms with van der Waals surface area (Å²) in [5, 5.41) is 0. The highest BCUT2D eigenvalue weighted by atomic mass is 32.2. The van der Waals surface area contributed by atoms with E-state index in [9.17, 15) is 8.42 Å². The topological polar surface area (TPSA) is 64.6 Å². The number of nitrogens with one attached hydrogen (secondary N) is 1. The van der Waals surface area contributed by atoms with Gasteiger partial charge in [-0.1, -0.05) is 6.07 Å². The van der Waals surface area contributed by atoms with Crippen LogP contribution >= 0.6 is 0 Å². The van der Waals surface area contributed by atoms with Gasteiger partial charge in [0.05, 0.1) is 18.1 Å². The molecule has 0 fully saturated rings. The summed E-state index contributed by atoms with van der Waals surface area (Å²) >= 11 is 0. The van der Waals surface area contributed by atoms with Crippen LogP contribution in [0, 0.1) is 0 Å². The summed E-state index contributed by atoms with van der Waals surface area (Å²) in [5.41, 5.74) is 0.471. The monoisotopic (exact) mass is 321 g/mol. The highest BCUT2D eigenvalue weighted by Gasteiger charge is 2.15. The minimum absolute atomic E-state index is 0.0688. The van der Waals surface area contributed by atoms with Crippen LogP contribution in [0.1, 0.15) is 13.8 Å². The van der Waals surface area contributed by atoms with E-state index in [1.54, 1.807) is 36.4 Å². The molecule has 0 aliphatic carbocycles. The van der Waals surface area contributed by atoms with Crippen LogP contribution in [-0.2, 0) is 10.0 Å². The molecule has 22 heavy (non-hydrogen) atoms. The van der Waals surface area contributed by atoms with E-state index >= 15 is 0 Å². The second-order valence-corrected chi connectivity index (χ2v) is 6.66. The van der Waals surface area contributed by atoms with E-state index in [0.717, 1.165) is 0 Å². The number of hydrogen-bond donors (Lipinski definition) is 1. The summed E-state index contributed by atoms with van der Waals surface area (Å²) in [6.45, 7) is 3.86. The summed E-state index contributed by atoms with van der Waals surface area (Å²) in [5.74, 6) is 1.18. The van der Waals surface area contributed by atoms with Crippen LogP contribution in [0.15, 0.2) is 53.4 Å². The zero-order chi connectivity index (χ0) is 16.2. The minimum atomic E-state index is -3.65. The van der Waals surface area contributed by atoms with E-state index in [4.69, 9.17) is 9.47 Å². The summed E-state index contributed by atoms with van der Waals surface area (Å²) in [6, 6.07) is 13.1. The summed E-state index contributed by atoms with van der Waals surface area (Å²) in [6.07, 6.45) is 0.0688. The summed E-state index contributed by atoms with van der Waals surface area (Å²) < 4.78 is 37.8. The Labute approximate surface area is 130 Å². The Balaban J connectivity index is 2.17. The lowest BCUT2D eigenvalue weighted by atomic mass is 10.3. The third-order valence-corrected chi connectivity index (χ3v) is 4.21. The molecule has 0 unspecified atom stereocenters. The van der Waals surface area contributed by atoms with Crippen molar-refractivity contribution >= 4 is 15.7 Å². The van der Waals surface area contributed by atoms with Crippen molar-refractivity contribution in [2.45, 2.75) is 24.8 Å². The molecule has 0 spiro atoms. The van der Waals surface area contributed by atoms with Crippen molar-refractivity contribution in [3.8, 4) is 11.5 Å². The van der Waals surface area contributed by atoms with Gasteiger partial charge in [-0.05, 0) is 50.2 Å². The maximum Gasteiger partial charge on any atom is 0.262 e. The highest BCUT2D eigenvalue weighted by molar-refractivity contribution is 7.92. The van der Waals surface area contributed by atoms with Gasteiger partial charge >= 0.3 is 0 Å². The number of sulfonamides is 1. The third-order valence-electron chi connectivity index (χ3n) is 2.83. The van der Waals surface area contributed by atoms with Gasteiger partial charge in [0.1, 0.15) is 11.5 Å². The van der Waals surface area contributed by atoms with Crippen LogP contribution in [0.25, 0.3) is 0 Å². The molecule has 0 heterocycles. The van der Waals surface area contributed by atoms with Crippen LogP contribution in [0.5, 0.6) is 11.5 Å². The maximum atomic E-state index is 12.3. The highest BCUT2D eigenvalue weighted by Crippen LogP contribution is 2.22. The van der Waals surface area contributed by atoms with Gasteiger partial charge in [-0.3, -0.25) is 4.72 Å². The van der Waals surface area contributed by atoms with Crippen molar-refractivity contribution in [3.63, 3.8) is 0 Å². The molecule has 6 heteroatoms. The Bertz CT molecular complexity index is 724. The van der Waals surface area contributed by atoms with Gasteiger partial charge in [-0.2, -0.15) is 0 Å². The van der Waals surface area contributed by atoms with Crippen LogP contribution in [0.2, 0.25) is 0 Å². The predicted octanol–water partition coefficient (Wildman–Crippen LogP) is 3.28. The number of methoxy groups -OCH3 is 1. The quantitative estimate of drug-likeness (QED) is 0.887. The Morgan fingerprint density at radius 3 is 2.27 bits per heavy atom. The molecule has 0 aliphatic rings. The van der Waals surface area contributed by atoms with E-state index in [2.05, 4.69) is 4.72 Å². The molecule has 2 aromatic carbocycles. The van der Waals surface area contributed by atoms with Gasteiger partial charge in [-0.25, -0.2) is 8.42 Å². The molecule has 0 saturated heterocycles. The first-order valence-electron chi connectivity index (χ1n) is 6.84. The Morgan fingerprint density at radius 1 is 1.00 bits per heavy atom. The second-order valence-electron chi connectivity index (χ2n) is 4.98. The summed E-state index contributed by atoms with van der Waals surface area (Å²) in [7, 11) is -2.16. The normalized spacial score (nSPS) is 11.3. The molecular weight excluding hydrogens is 302 g/mol. The van der Waals surface area contributed by atoms with Crippen molar-refractivity contribution in [3.05, 3.63) is 48.5 Å². The minimum Gasteiger partial charge on any atom is -0.497 e. The average Bonchev–Trinajstić information content (AvgIpc) is 2.48. The van der Waals surface area contributed by atoms with E-state index in [-0.39, 0.29) is 11.0 Å². The van der Waals surface area contributed by atoms with Crippen LogP contribution in [0.3, 0.4) is 0 Å². The molecule has 2 aromatic rings. The first-order valence-corrected chi connectivity index (χ1v) is 8.32. The molecular formula is C16H19NO4S. The van der Waals surface area contributed by atoms with Crippen molar-refractivity contribution in [2.75, 3.05) is 11.8 Å². The lowest BCUT2D eigenvalue weighted by Crippen LogP contribution is -2.13. The predicted molar refractivity (Wildman–Crippen MR) is 86.0 cm³/mol. The SMILES string of the molecule is COc1cccc(S(=O)(=O)Nc2ccc(OC(C)C)cc2)c1. The van der Waals surface area contributed by atoms with E-state index in [0.29, 0.717) is 17.2 Å². The van der Waals surface area contributed by atoms with Gasteiger partial charge < -0.3 is 9.47 Å². The van der Waals surface area contributed by atoms with Gasteiger partial charge in [0.2, 0.25) is 0 Å². The second kappa shape index (κ2) is 6.70. The third kappa shape index (κ3) is 4.14. The number of hydrogen-bond acceptors (Lipinski definition) is 4. The number of rotatable bonds is 6. The van der Waals surface area contributed by atoms with Crippen LogP contribution in [-0.4, -0.2) is 21.6 Å². The molecule has 0 amide bonds. The molecule has 0 radical (unpaired) electrons. The zero-order valence-corrected chi connectivity index (χ0v) is 13.6. The van der Waals surface area contributed by atoms with Crippen LogP contribution in [0.4, 0.5) is 5.69 Å². The van der Waals surface area contributed by atoms with Crippen molar-refractivity contribution in [1.29, 1.82) is 0 Å². The Kier molecular flexibility index (Phi) is 4.92. The molecule has 1 N–H and O–H groups in total. The lowest BCUT2D eigenvalue weighted by Gasteiger charge is -2.12. The number of anilines is 1. The fourth-order valence-electron chi connectivity index (χ4n) is 1.86. The molecule has 0 aromatic heterocycles. The molecule has 0 aliphatic heterocycles. The fraction of sp³-hybridized carbons (Fsp3) is 0.250. The van der Waals surface area contributed by atoms with Gasteiger partial charge in [0.25, 0.3) is 10.0 Å². The maximum absolute atomic E-state index is 12.3. The molecule has 118 valence electrons. The largest absolute Gasteiger partial charge is 0.497 e. The van der Waals surface area contributed by atoms with Gasteiger partial charge in [0.15, 0.2) is 0 Å². The molecule has 5 nitrogen and oxygen atoms in total. The van der Waals surface area contributed by atoms with Crippen LogP contribution < -0.4 is 14.2 Å². The molecule has 2 rings (SSSR count). The van der Waals surface area contributed by atoms with Crippen molar-refractivity contribution in [1.82, 2.24) is 0 Å². The zero-order valence-electron chi connectivity index (χ0n) is 12.7. The lowest BCUT2D eigenvalue weighted by molar-refractivity contribution is 0.242. The number of ether oxygens (including phenoxy) is 2. The van der Waals surface area contributed by atoms with Gasteiger partial charge in [-0.15, -0.1) is 0 Å². The standard InChI is InChI=1S/C16H19NO4S/c1-12(2)21-14-9-7-13(8-10-14)17-22(18,19)16-6-4-5-15(11-16)20-3/h4-12,17H,1-3H3. The molecule has 0 bridgehead atoms. The van der Waals surface area contributed by atoms with E-state index in [1.165, 1.54) is 19.2 Å². The summed E-state index contributed by atoms with van der Waals surface area (Å²) in [4.78, 5) is 0.148. The first kappa shape index (κ1) is 16.2. The van der Waals surface area contributed by atoms with E-state index in [1.807, 2.05) is 13.8 Å². The fourth-order valence-corrected chi connectivity index (χ4v) is 2.95. The van der Waals surface area contributed by atoms with Crippen molar-refractivity contribution < 1.29 is 17.9 Å². The Hall–Kier alpha value is -2.21. The molecule has 0 atom stereocenters. The average molecular weight is 321 g/mol. The Morgan fingerprint density at radius 2 is 1.68 bits per heavy atom. The van der Waals surface area contributed by atoms with Gasteiger partial charge in [0, 0.05) is 11.8 Å². The molecule has 0 saturated carbocycles. The smallest absolute Gasteiger partial charge is 0.262 e. The number of benzene rings is 2.